The average molecular weight is 419 g/mol. The van der Waals surface area contributed by atoms with E-state index in [1.165, 1.54) is 18.2 Å². The fraction of sp³-hybridized carbons (Fsp3) is 0.333. The first-order valence-electron chi connectivity index (χ1n) is 9.36. The van der Waals surface area contributed by atoms with Crippen LogP contribution in [0.4, 0.5) is 0 Å². The van der Waals surface area contributed by atoms with Crippen LogP contribution in [0.3, 0.4) is 0 Å². The van der Waals surface area contributed by atoms with E-state index in [9.17, 15) is 19.8 Å². The van der Waals surface area contributed by atoms with Crippen LogP contribution in [0.15, 0.2) is 42.5 Å². The van der Waals surface area contributed by atoms with Gasteiger partial charge in [-0.3, -0.25) is 9.59 Å². The van der Waals surface area contributed by atoms with E-state index in [1.54, 1.807) is 36.1 Å². The van der Waals surface area contributed by atoms with Crippen molar-refractivity contribution in [2.75, 3.05) is 13.1 Å². The van der Waals surface area contributed by atoms with E-state index in [0.717, 1.165) is 0 Å². The molecule has 3 N–H and O–H groups in total. The molecule has 7 nitrogen and oxygen atoms in total. The predicted octanol–water partition coefficient (Wildman–Crippen LogP) is 2.94. The molecule has 1 unspecified atom stereocenters. The summed E-state index contributed by atoms with van der Waals surface area (Å²) in [5, 5.41) is 22.7. The molecule has 0 bridgehead atoms. The molecule has 1 aliphatic heterocycles. The minimum atomic E-state index is -0.661. The highest BCUT2D eigenvalue weighted by atomic mass is 35.5. The van der Waals surface area contributed by atoms with Crippen LogP contribution in [0, 0.1) is 0 Å². The van der Waals surface area contributed by atoms with E-state index in [1.807, 2.05) is 0 Å². The number of aromatic hydroxyl groups is 2. The van der Waals surface area contributed by atoms with Crippen molar-refractivity contribution in [1.82, 2.24) is 10.2 Å². The molecule has 0 spiro atoms. The minimum absolute atomic E-state index is 0.0552. The SMILES string of the molecule is CC(Oc1ccc(Cl)cc1)C(=O)NC1CCN(C(=O)c2cc(O)cc(O)c2)CC1. The third kappa shape index (κ3) is 5.54. The van der Waals surface area contributed by atoms with Gasteiger partial charge in [0.1, 0.15) is 17.2 Å². The van der Waals surface area contributed by atoms with Crippen molar-refractivity contribution in [1.29, 1.82) is 0 Å². The zero-order valence-corrected chi connectivity index (χ0v) is 16.7. The number of amides is 2. The molecule has 8 heteroatoms. The summed E-state index contributed by atoms with van der Waals surface area (Å²) in [4.78, 5) is 26.6. The Kier molecular flexibility index (Phi) is 6.49. The largest absolute Gasteiger partial charge is 0.508 e. The third-order valence-electron chi connectivity index (χ3n) is 4.77. The molecule has 1 fully saturated rings. The third-order valence-corrected chi connectivity index (χ3v) is 5.03. The molecule has 29 heavy (non-hydrogen) atoms. The van der Waals surface area contributed by atoms with Gasteiger partial charge in [-0.1, -0.05) is 11.6 Å². The van der Waals surface area contributed by atoms with Gasteiger partial charge in [-0.2, -0.15) is 0 Å². The number of phenolic OH excluding ortho intramolecular Hbond substituents is 2. The monoisotopic (exact) mass is 418 g/mol. The Morgan fingerprint density at radius 3 is 2.28 bits per heavy atom. The van der Waals surface area contributed by atoms with Gasteiger partial charge >= 0.3 is 0 Å². The van der Waals surface area contributed by atoms with Gasteiger partial charge in [-0.25, -0.2) is 0 Å². The molecule has 0 radical (unpaired) electrons. The summed E-state index contributed by atoms with van der Waals surface area (Å²) >= 11 is 5.84. The first kappa shape index (κ1) is 20.8. The topological polar surface area (TPSA) is 99.1 Å². The molecule has 2 amide bonds. The molecule has 3 rings (SSSR count). The number of ether oxygens (including phenoxy) is 1. The van der Waals surface area contributed by atoms with Crippen LogP contribution in [0.2, 0.25) is 5.02 Å². The maximum Gasteiger partial charge on any atom is 0.260 e. The van der Waals surface area contributed by atoms with Gasteiger partial charge in [0.2, 0.25) is 0 Å². The van der Waals surface area contributed by atoms with Gasteiger partial charge in [0.15, 0.2) is 6.10 Å². The lowest BCUT2D eigenvalue weighted by Gasteiger charge is -2.33. The quantitative estimate of drug-likeness (QED) is 0.693. The second kappa shape index (κ2) is 9.05. The Labute approximate surface area is 173 Å². The number of benzene rings is 2. The molecule has 154 valence electrons. The van der Waals surface area contributed by atoms with Crippen LogP contribution in [0.25, 0.3) is 0 Å². The number of hydrogen-bond acceptors (Lipinski definition) is 5. The number of nitrogens with one attached hydrogen (secondary N) is 1. The highest BCUT2D eigenvalue weighted by Crippen LogP contribution is 2.23. The Balaban J connectivity index is 1.49. The van der Waals surface area contributed by atoms with Crippen molar-refractivity contribution in [2.24, 2.45) is 0 Å². The number of halogens is 1. The Bertz CT molecular complexity index is 859. The van der Waals surface area contributed by atoms with Crippen LogP contribution in [0.1, 0.15) is 30.1 Å². The lowest BCUT2D eigenvalue weighted by molar-refractivity contribution is -0.128. The summed E-state index contributed by atoms with van der Waals surface area (Å²) in [5.74, 6) is -0.245. The molecule has 0 saturated carbocycles. The fourth-order valence-corrected chi connectivity index (χ4v) is 3.34. The zero-order chi connectivity index (χ0) is 21.0. The van der Waals surface area contributed by atoms with Gasteiger partial charge in [0, 0.05) is 35.8 Å². The maximum atomic E-state index is 12.6. The Morgan fingerprint density at radius 1 is 1.10 bits per heavy atom. The highest BCUT2D eigenvalue weighted by molar-refractivity contribution is 6.30. The fourth-order valence-electron chi connectivity index (χ4n) is 3.22. The summed E-state index contributed by atoms with van der Waals surface area (Å²) in [7, 11) is 0. The Hall–Kier alpha value is -2.93. The second-order valence-corrected chi connectivity index (χ2v) is 7.46. The number of rotatable bonds is 5. The number of likely N-dealkylation sites (tertiary alicyclic amines) is 1. The smallest absolute Gasteiger partial charge is 0.260 e. The highest BCUT2D eigenvalue weighted by Gasteiger charge is 2.26. The number of piperidine rings is 1. The molecule has 0 aliphatic carbocycles. The van der Waals surface area contributed by atoms with Crippen molar-refractivity contribution in [3.63, 3.8) is 0 Å². The first-order chi connectivity index (χ1) is 13.8. The van der Waals surface area contributed by atoms with E-state index in [-0.39, 0.29) is 34.9 Å². The van der Waals surface area contributed by atoms with Crippen LogP contribution < -0.4 is 10.1 Å². The van der Waals surface area contributed by atoms with Gasteiger partial charge in [0.25, 0.3) is 11.8 Å². The molecule has 1 atom stereocenters. The van der Waals surface area contributed by atoms with E-state index in [4.69, 9.17) is 16.3 Å². The summed E-state index contributed by atoms with van der Waals surface area (Å²) in [6.07, 6.45) is 0.553. The van der Waals surface area contributed by atoms with Crippen molar-refractivity contribution in [3.8, 4) is 17.2 Å². The lowest BCUT2D eigenvalue weighted by atomic mass is 10.0. The lowest BCUT2D eigenvalue weighted by Crippen LogP contribution is -2.49. The van der Waals surface area contributed by atoms with Crippen LogP contribution in [0.5, 0.6) is 17.2 Å². The number of nitrogens with zero attached hydrogens (tertiary/aromatic N) is 1. The molecule has 1 aliphatic rings. The summed E-state index contributed by atoms with van der Waals surface area (Å²) < 4.78 is 5.63. The summed E-state index contributed by atoms with van der Waals surface area (Å²) in [6.45, 7) is 2.61. The van der Waals surface area contributed by atoms with Crippen LogP contribution >= 0.6 is 11.6 Å². The number of carbonyl (C=O) groups is 2. The molecular formula is C21H23ClN2O5. The minimum Gasteiger partial charge on any atom is -0.508 e. The number of carbonyl (C=O) groups excluding carboxylic acids is 2. The standard InChI is InChI=1S/C21H23ClN2O5/c1-13(29-19-4-2-15(22)3-5-19)20(27)23-16-6-8-24(9-7-16)21(28)14-10-17(25)12-18(26)11-14/h2-5,10-13,16,25-26H,6-9H2,1H3,(H,23,27). The summed E-state index contributed by atoms with van der Waals surface area (Å²) in [5.41, 5.74) is 0.231. The van der Waals surface area contributed by atoms with Crippen LogP contribution in [-0.4, -0.2) is 52.2 Å². The molecule has 1 saturated heterocycles. The average Bonchev–Trinajstić information content (AvgIpc) is 2.69. The van der Waals surface area contributed by atoms with E-state index in [0.29, 0.717) is 36.7 Å². The van der Waals surface area contributed by atoms with Crippen molar-refractivity contribution in [2.45, 2.75) is 31.9 Å². The van der Waals surface area contributed by atoms with Crippen molar-refractivity contribution in [3.05, 3.63) is 53.1 Å². The van der Waals surface area contributed by atoms with E-state index < -0.39 is 6.10 Å². The normalized spacial score (nSPS) is 15.6. The summed E-state index contributed by atoms with van der Waals surface area (Å²) in [6, 6.07) is 10.6. The molecular weight excluding hydrogens is 396 g/mol. The Morgan fingerprint density at radius 2 is 1.69 bits per heavy atom. The van der Waals surface area contributed by atoms with E-state index >= 15 is 0 Å². The van der Waals surface area contributed by atoms with Gasteiger partial charge in [-0.05, 0) is 56.2 Å². The second-order valence-electron chi connectivity index (χ2n) is 7.03. The van der Waals surface area contributed by atoms with Gasteiger partial charge in [-0.15, -0.1) is 0 Å². The first-order valence-corrected chi connectivity index (χ1v) is 9.74. The van der Waals surface area contributed by atoms with Gasteiger partial charge < -0.3 is 25.2 Å². The molecule has 2 aromatic rings. The number of hydrogen-bond donors (Lipinski definition) is 3. The molecule has 0 aromatic heterocycles. The molecule has 1 heterocycles. The van der Waals surface area contributed by atoms with Gasteiger partial charge in [0.05, 0.1) is 0 Å². The van der Waals surface area contributed by atoms with Crippen LogP contribution in [-0.2, 0) is 4.79 Å². The maximum absolute atomic E-state index is 12.6. The predicted molar refractivity (Wildman–Crippen MR) is 108 cm³/mol. The van der Waals surface area contributed by atoms with Crippen molar-refractivity contribution >= 4 is 23.4 Å². The van der Waals surface area contributed by atoms with E-state index in [2.05, 4.69) is 5.32 Å². The van der Waals surface area contributed by atoms with Crippen molar-refractivity contribution < 1.29 is 24.5 Å². The molecule has 2 aromatic carbocycles. The number of phenols is 2. The zero-order valence-electron chi connectivity index (χ0n) is 16.0.